The van der Waals surface area contributed by atoms with Crippen LogP contribution in [0.3, 0.4) is 0 Å². The van der Waals surface area contributed by atoms with Crippen molar-refractivity contribution < 1.29 is 13.2 Å². The second kappa shape index (κ2) is 6.32. The minimum Gasteiger partial charge on any atom is -0.302 e. The van der Waals surface area contributed by atoms with Crippen LogP contribution in [0, 0.1) is 0 Å². The number of aromatic nitrogens is 4. The smallest absolute Gasteiger partial charge is 0.302 e. The first-order valence-electron chi connectivity index (χ1n) is 6.54. The predicted molar refractivity (Wildman–Crippen MR) is 83.1 cm³/mol. The van der Waals surface area contributed by atoms with Crippen molar-refractivity contribution in [2.45, 2.75) is 17.1 Å². The van der Waals surface area contributed by atoms with E-state index in [4.69, 9.17) is 0 Å². The lowest BCUT2D eigenvalue weighted by Crippen LogP contribution is -2.12. The van der Waals surface area contributed by atoms with Crippen molar-refractivity contribution in [3.63, 3.8) is 0 Å². The molecule has 0 N–H and O–H groups in total. The van der Waals surface area contributed by atoms with Crippen molar-refractivity contribution in [1.29, 1.82) is 0 Å². The molecule has 0 bridgehead atoms. The average molecular weight is 356 g/mol. The van der Waals surface area contributed by atoms with Gasteiger partial charge in [0, 0.05) is 23.7 Å². The first-order valence-corrected chi connectivity index (χ1v) is 8.41. The number of benzene rings is 1. The molecule has 0 unspecified atom stereocenters. The standard InChI is InChI=1S/C14H11F3N4S2/c1-21-12(14(15,16)17)19-20-13(21)23-8-10-7-22-11(18-10)9-5-3-2-4-6-9/h2-7H,8H2,1H3. The Morgan fingerprint density at radius 2 is 1.91 bits per heavy atom. The summed E-state index contributed by atoms with van der Waals surface area (Å²) in [4.78, 5) is 4.50. The van der Waals surface area contributed by atoms with Crippen LogP contribution in [0.1, 0.15) is 11.5 Å². The molecule has 1 aromatic carbocycles. The molecule has 0 aliphatic carbocycles. The van der Waals surface area contributed by atoms with Crippen molar-refractivity contribution in [2.75, 3.05) is 0 Å². The van der Waals surface area contributed by atoms with E-state index in [-0.39, 0.29) is 5.16 Å². The van der Waals surface area contributed by atoms with Crippen LogP contribution in [0.2, 0.25) is 0 Å². The van der Waals surface area contributed by atoms with Crippen LogP contribution in [-0.4, -0.2) is 19.7 Å². The molecule has 9 heteroatoms. The maximum atomic E-state index is 12.7. The highest BCUT2D eigenvalue weighted by Crippen LogP contribution is 2.31. The van der Waals surface area contributed by atoms with Gasteiger partial charge in [-0.25, -0.2) is 4.98 Å². The molecule has 2 aromatic heterocycles. The fourth-order valence-corrected chi connectivity index (χ4v) is 3.65. The van der Waals surface area contributed by atoms with Crippen molar-refractivity contribution in [1.82, 2.24) is 19.7 Å². The molecule has 0 saturated carbocycles. The summed E-state index contributed by atoms with van der Waals surface area (Å²) in [5.41, 5.74) is 1.82. The van der Waals surface area contributed by atoms with E-state index in [9.17, 15) is 13.2 Å². The lowest BCUT2D eigenvalue weighted by Gasteiger charge is -2.05. The van der Waals surface area contributed by atoms with E-state index in [1.807, 2.05) is 35.7 Å². The Morgan fingerprint density at radius 1 is 1.17 bits per heavy atom. The molecule has 120 valence electrons. The maximum absolute atomic E-state index is 12.7. The van der Waals surface area contributed by atoms with Crippen molar-refractivity contribution >= 4 is 23.1 Å². The van der Waals surface area contributed by atoms with Gasteiger partial charge >= 0.3 is 6.18 Å². The van der Waals surface area contributed by atoms with Crippen LogP contribution in [-0.2, 0) is 19.0 Å². The van der Waals surface area contributed by atoms with E-state index >= 15 is 0 Å². The molecular formula is C14H11F3N4S2. The summed E-state index contributed by atoms with van der Waals surface area (Å²) in [5.74, 6) is -0.559. The highest BCUT2D eigenvalue weighted by atomic mass is 32.2. The lowest BCUT2D eigenvalue weighted by atomic mass is 10.2. The monoisotopic (exact) mass is 356 g/mol. The van der Waals surface area contributed by atoms with Gasteiger partial charge in [-0.1, -0.05) is 42.1 Å². The van der Waals surface area contributed by atoms with Crippen molar-refractivity contribution in [2.24, 2.45) is 7.05 Å². The number of thiazole rings is 1. The molecule has 0 spiro atoms. The molecule has 0 fully saturated rings. The van der Waals surface area contributed by atoms with Crippen LogP contribution >= 0.6 is 23.1 Å². The quantitative estimate of drug-likeness (QED) is 0.656. The third-order valence-electron chi connectivity index (χ3n) is 3.01. The highest BCUT2D eigenvalue weighted by molar-refractivity contribution is 7.98. The number of alkyl halides is 3. The Balaban J connectivity index is 1.70. The molecule has 4 nitrogen and oxygen atoms in total. The van der Waals surface area contributed by atoms with Gasteiger partial charge in [-0.15, -0.1) is 21.5 Å². The van der Waals surface area contributed by atoms with E-state index in [0.29, 0.717) is 5.75 Å². The molecule has 0 saturated heterocycles. The third kappa shape index (κ3) is 3.56. The fourth-order valence-electron chi connectivity index (χ4n) is 1.91. The first kappa shape index (κ1) is 16.0. The topological polar surface area (TPSA) is 43.6 Å². The van der Waals surface area contributed by atoms with Gasteiger partial charge in [0.25, 0.3) is 0 Å². The first-order chi connectivity index (χ1) is 10.9. The van der Waals surface area contributed by atoms with Crippen LogP contribution in [0.15, 0.2) is 40.9 Å². The maximum Gasteiger partial charge on any atom is 0.451 e. The predicted octanol–water partition coefficient (Wildman–Crippen LogP) is 4.25. The van der Waals surface area contributed by atoms with Gasteiger partial charge in [-0.2, -0.15) is 13.2 Å². The molecule has 0 aliphatic heterocycles. The number of thioether (sulfide) groups is 1. The number of hydrogen-bond donors (Lipinski definition) is 0. The average Bonchev–Trinajstić information content (AvgIpc) is 3.12. The van der Waals surface area contributed by atoms with Crippen LogP contribution in [0.5, 0.6) is 0 Å². The van der Waals surface area contributed by atoms with Crippen LogP contribution in [0.25, 0.3) is 10.6 Å². The second-order valence-electron chi connectivity index (χ2n) is 4.66. The normalized spacial score (nSPS) is 11.8. The zero-order chi connectivity index (χ0) is 16.4. The third-order valence-corrected chi connectivity index (χ3v) is 5.00. The minimum absolute atomic E-state index is 0.214. The Morgan fingerprint density at radius 3 is 2.57 bits per heavy atom. The SMILES string of the molecule is Cn1c(SCc2csc(-c3ccccc3)n2)nnc1C(F)(F)F. The van der Waals surface area contributed by atoms with Gasteiger partial charge in [0.15, 0.2) is 5.16 Å². The zero-order valence-electron chi connectivity index (χ0n) is 11.9. The molecule has 0 aliphatic rings. The van der Waals surface area contributed by atoms with E-state index in [1.54, 1.807) is 0 Å². The van der Waals surface area contributed by atoms with Gasteiger partial charge < -0.3 is 4.57 Å². The fraction of sp³-hybridized carbons (Fsp3) is 0.214. The van der Waals surface area contributed by atoms with E-state index < -0.39 is 12.0 Å². The Labute approximate surface area is 138 Å². The van der Waals surface area contributed by atoms with Gasteiger partial charge in [0.2, 0.25) is 5.82 Å². The lowest BCUT2D eigenvalue weighted by molar-refractivity contribution is -0.147. The van der Waals surface area contributed by atoms with Crippen molar-refractivity contribution in [3.8, 4) is 10.6 Å². The van der Waals surface area contributed by atoms with Crippen LogP contribution in [0.4, 0.5) is 13.2 Å². The van der Waals surface area contributed by atoms with E-state index in [1.165, 1.54) is 30.1 Å². The van der Waals surface area contributed by atoms with E-state index in [2.05, 4.69) is 15.2 Å². The molecule has 3 aromatic rings. The molecule has 0 atom stereocenters. The summed E-state index contributed by atoms with van der Waals surface area (Å²) < 4.78 is 39.0. The number of hydrogen-bond acceptors (Lipinski definition) is 5. The van der Waals surface area contributed by atoms with Gasteiger partial charge in [-0.05, 0) is 0 Å². The Bertz CT molecular complexity index is 796. The molecular weight excluding hydrogens is 345 g/mol. The minimum atomic E-state index is -4.50. The summed E-state index contributed by atoms with van der Waals surface area (Å²) in [7, 11) is 1.31. The summed E-state index contributed by atoms with van der Waals surface area (Å²) in [6.45, 7) is 0. The largest absolute Gasteiger partial charge is 0.451 e. The van der Waals surface area contributed by atoms with Gasteiger partial charge in [0.1, 0.15) is 5.01 Å². The molecule has 0 radical (unpaired) electrons. The number of rotatable bonds is 4. The Hall–Kier alpha value is -1.87. The van der Waals surface area contributed by atoms with Crippen molar-refractivity contribution in [3.05, 3.63) is 47.2 Å². The van der Waals surface area contributed by atoms with Gasteiger partial charge in [0.05, 0.1) is 5.69 Å². The highest BCUT2D eigenvalue weighted by Gasteiger charge is 2.37. The zero-order valence-corrected chi connectivity index (χ0v) is 13.5. The second-order valence-corrected chi connectivity index (χ2v) is 6.46. The van der Waals surface area contributed by atoms with Gasteiger partial charge in [-0.3, -0.25) is 0 Å². The molecule has 0 amide bonds. The molecule has 3 rings (SSSR count). The summed E-state index contributed by atoms with van der Waals surface area (Å²) in [6.07, 6.45) is -4.50. The molecule has 23 heavy (non-hydrogen) atoms. The Kier molecular flexibility index (Phi) is 4.40. The molecule has 2 heterocycles. The van der Waals surface area contributed by atoms with Crippen LogP contribution < -0.4 is 0 Å². The number of nitrogens with zero attached hydrogens (tertiary/aromatic N) is 4. The summed E-state index contributed by atoms with van der Waals surface area (Å²) in [5, 5.41) is 9.79. The van der Waals surface area contributed by atoms with E-state index in [0.717, 1.165) is 20.8 Å². The summed E-state index contributed by atoms with van der Waals surface area (Å²) in [6, 6.07) is 9.73. The number of halogens is 3. The summed E-state index contributed by atoms with van der Waals surface area (Å²) >= 11 is 2.68.